The summed E-state index contributed by atoms with van der Waals surface area (Å²) in [6.45, 7) is 0.246. The van der Waals surface area contributed by atoms with E-state index in [4.69, 9.17) is 4.74 Å². The molecule has 1 aromatic rings. The molecule has 3 nitrogen and oxygen atoms in total. The van der Waals surface area contributed by atoms with Crippen molar-refractivity contribution in [2.75, 3.05) is 6.61 Å². The third-order valence-electron chi connectivity index (χ3n) is 3.14. The van der Waals surface area contributed by atoms with Gasteiger partial charge in [0.05, 0.1) is 15.6 Å². The van der Waals surface area contributed by atoms with E-state index in [1.807, 2.05) is 6.07 Å². The molecule has 1 aliphatic rings. The van der Waals surface area contributed by atoms with Crippen LogP contribution in [0, 0.1) is 0 Å². The van der Waals surface area contributed by atoms with Crippen LogP contribution < -0.4 is 4.74 Å². The fourth-order valence-electron chi connectivity index (χ4n) is 2.15. The first-order valence-electron chi connectivity index (χ1n) is 5.73. The number of hydrogen-bond acceptors (Lipinski definition) is 3. The van der Waals surface area contributed by atoms with Gasteiger partial charge in [-0.15, -0.1) is 0 Å². The SMILES string of the molecule is O=Cc1cccc(Br)c1OCC1(O)CCCC1. The van der Waals surface area contributed by atoms with Gasteiger partial charge in [0.15, 0.2) is 6.29 Å². The number of para-hydroxylation sites is 1. The standard InChI is InChI=1S/C13H15BrO3/c14-11-5-3-4-10(8-15)12(11)17-9-13(16)6-1-2-7-13/h3-5,8,16H,1-2,6-7,9H2. The third-order valence-corrected chi connectivity index (χ3v) is 3.77. The van der Waals surface area contributed by atoms with Crippen molar-refractivity contribution in [1.82, 2.24) is 0 Å². The highest BCUT2D eigenvalue weighted by Gasteiger charge is 2.32. The Morgan fingerprint density at radius 1 is 1.41 bits per heavy atom. The highest BCUT2D eigenvalue weighted by Crippen LogP contribution is 2.33. The zero-order valence-electron chi connectivity index (χ0n) is 9.49. The number of carbonyl (C=O) groups excluding carboxylic acids is 1. The number of aldehydes is 1. The van der Waals surface area contributed by atoms with Crippen molar-refractivity contribution < 1.29 is 14.6 Å². The van der Waals surface area contributed by atoms with Crippen LogP contribution in [-0.2, 0) is 0 Å². The number of carbonyl (C=O) groups is 1. The van der Waals surface area contributed by atoms with Crippen LogP contribution in [0.15, 0.2) is 22.7 Å². The minimum Gasteiger partial charge on any atom is -0.489 e. The molecule has 1 N–H and O–H groups in total. The lowest BCUT2D eigenvalue weighted by Gasteiger charge is -2.23. The van der Waals surface area contributed by atoms with Crippen molar-refractivity contribution >= 4 is 22.2 Å². The van der Waals surface area contributed by atoms with E-state index in [-0.39, 0.29) is 6.61 Å². The highest BCUT2D eigenvalue weighted by molar-refractivity contribution is 9.10. The van der Waals surface area contributed by atoms with Crippen LogP contribution in [0.2, 0.25) is 0 Å². The van der Waals surface area contributed by atoms with Crippen molar-refractivity contribution in [3.8, 4) is 5.75 Å². The van der Waals surface area contributed by atoms with E-state index in [9.17, 15) is 9.90 Å². The Balaban J connectivity index is 2.10. The molecule has 0 unspecified atom stereocenters. The highest BCUT2D eigenvalue weighted by atomic mass is 79.9. The fraction of sp³-hybridized carbons (Fsp3) is 0.462. The maximum absolute atomic E-state index is 10.9. The second-order valence-electron chi connectivity index (χ2n) is 4.50. The molecule has 0 bridgehead atoms. The summed E-state index contributed by atoms with van der Waals surface area (Å²) in [6, 6.07) is 5.30. The zero-order valence-corrected chi connectivity index (χ0v) is 11.1. The molecule has 0 radical (unpaired) electrons. The number of benzene rings is 1. The van der Waals surface area contributed by atoms with Crippen LogP contribution in [0.1, 0.15) is 36.0 Å². The van der Waals surface area contributed by atoms with Crippen molar-refractivity contribution in [2.24, 2.45) is 0 Å². The van der Waals surface area contributed by atoms with Gasteiger partial charge in [-0.1, -0.05) is 18.9 Å². The molecule has 92 valence electrons. The van der Waals surface area contributed by atoms with Crippen molar-refractivity contribution in [3.05, 3.63) is 28.2 Å². The maximum atomic E-state index is 10.9. The van der Waals surface area contributed by atoms with Gasteiger partial charge < -0.3 is 9.84 Å². The molecule has 1 aromatic carbocycles. The summed E-state index contributed by atoms with van der Waals surface area (Å²) >= 11 is 3.35. The second-order valence-corrected chi connectivity index (χ2v) is 5.35. The molecule has 0 amide bonds. The summed E-state index contributed by atoms with van der Waals surface area (Å²) in [7, 11) is 0. The number of rotatable bonds is 4. The summed E-state index contributed by atoms with van der Waals surface area (Å²) in [5.41, 5.74) is -0.226. The van der Waals surface area contributed by atoms with Crippen LogP contribution in [0.25, 0.3) is 0 Å². The summed E-state index contributed by atoms with van der Waals surface area (Å²) in [6.07, 6.45) is 4.38. The van der Waals surface area contributed by atoms with E-state index >= 15 is 0 Å². The minimum absolute atomic E-state index is 0.246. The van der Waals surface area contributed by atoms with Gasteiger partial charge in [0.1, 0.15) is 12.4 Å². The molecular formula is C13H15BrO3. The normalized spacial score (nSPS) is 18.0. The third kappa shape index (κ3) is 2.87. The quantitative estimate of drug-likeness (QED) is 0.870. The Kier molecular flexibility index (Phi) is 3.84. The van der Waals surface area contributed by atoms with Crippen LogP contribution >= 0.6 is 15.9 Å². The van der Waals surface area contributed by atoms with Crippen LogP contribution in [0.4, 0.5) is 0 Å². The van der Waals surface area contributed by atoms with Crippen LogP contribution in [0.5, 0.6) is 5.75 Å². The van der Waals surface area contributed by atoms with E-state index in [1.54, 1.807) is 12.1 Å². The molecule has 0 spiro atoms. The molecule has 0 atom stereocenters. The first kappa shape index (κ1) is 12.6. The Hall–Kier alpha value is -0.870. The lowest BCUT2D eigenvalue weighted by Crippen LogP contribution is -2.32. The summed E-state index contributed by atoms with van der Waals surface area (Å²) in [4.78, 5) is 10.9. The van der Waals surface area contributed by atoms with E-state index in [0.29, 0.717) is 11.3 Å². The topological polar surface area (TPSA) is 46.5 Å². The predicted octanol–water partition coefficient (Wildman–Crippen LogP) is 2.95. The molecule has 2 rings (SSSR count). The summed E-state index contributed by atoms with van der Waals surface area (Å²) in [5.74, 6) is 0.517. The molecule has 0 aromatic heterocycles. The minimum atomic E-state index is -0.727. The van der Waals surface area contributed by atoms with Gasteiger partial charge in [0, 0.05) is 0 Å². The summed E-state index contributed by atoms with van der Waals surface area (Å²) < 4.78 is 6.36. The average molecular weight is 299 g/mol. The monoisotopic (exact) mass is 298 g/mol. The van der Waals surface area contributed by atoms with Gasteiger partial charge in [-0.2, -0.15) is 0 Å². The molecule has 0 heterocycles. The number of ether oxygens (including phenoxy) is 1. The lowest BCUT2D eigenvalue weighted by atomic mass is 10.0. The zero-order chi connectivity index (χ0) is 12.3. The number of halogens is 1. The van der Waals surface area contributed by atoms with E-state index in [2.05, 4.69) is 15.9 Å². The van der Waals surface area contributed by atoms with Crippen molar-refractivity contribution in [3.63, 3.8) is 0 Å². The number of aliphatic hydroxyl groups is 1. The van der Waals surface area contributed by atoms with E-state index < -0.39 is 5.60 Å². The Bertz CT molecular complexity index is 411. The smallest absolute Gasteiger partial charge is 0.153 e. The molecule has 0 saturated heterocycles. The molecule has 4 heteroatoms. The van der Waals surface area contributed by atoms with Gasteiger partial charge in [-0.05, 0) is 40.9 Å². The van der Waals surface area contributed by atoms with Gasteiger partial charge in [-0.25, -0.2) is 0 Å². The second kappa shape index (κ2) is 5.19. The average Bonchev–Trinajstić information content (AvgIpc) is 2.75. The largest absolute Gasteiger partial charge is 0.489 e. The molecule has 0 aliphatic heterocycles. The Morgan fingerprint density at radius 3 is 2.76 bits per heavy atom. The van der Waals surface area contributed by atoms with E-state index in [1.165, 1.54) is 0 Å². The summed E-state index contributed by atoms with van der Waals surface area (Å²) in [5, 5.41) is 10.2. The molecule has 1 fully saturated rings. The van der Waals surface area contributed by atoms with E-state index in [0.717, 1.165) is 36.4 Å². The van der Waals surface area contributed by atoms with Crippen LogP contribution in [-0.4, -0.2) is 23.6 Å². The Labute approximate surface area is 109 Å². The first-order chi connectivity index (χ1) is 8.14. The van der Waals surface area contributed by atoms with Gasteiger partial charge in [0.25, 0.3) is 0 Å². The van der Waals surface area contributed by atoms with Crippen molar-refractivity contribution in [1.29, 1.82) is 0 Å². The number of hydrogen-bond donors (Lipinski definition) is 1. The predicted molar refractivity (Wildman–Crippen MR) is 68.4 cm³/mol. The molecular weight excluding hydrogens is 284 g/mol. The fourth-order valence-corrected chi connectivity index (χ4v) is 2.65. The molecule has 1 aliphatic carbocycles. The van der Waals surface area contributed by atoms with Crippen LogP contribution in [0.3, 0.4) is 0 Å². The molecule has 1 saturated carbocycles. The van der Waals surface area contributed by atoms with Gasteiger partial charge >= 0.3 is 0 Å². The van der Waals surface area contributed by atoms with Crippen molar-refractivity contribution in [2.45, 2.75) is 31.3 Å². The molecule has 17 heavy (non-hydrogen) atoms. The van der Waals surface area contributed by atoms with Gasteiger partial charge in [-0.3, -0.25) is 4.79 Å². The lowest BCUT2D eigenvalue weighted by molar-refractivity contribution is 0.000996. The Morgan fingerprint density at radius 2 is 2.12 bits per heavy atom. The maximum Gasteiger partial charge on any atom is 0.153 e. The van der Waals surface area contributed by atoms with Gasteiger partial charge in [0.2, 0.25) is 0 Å². The first-order valence-corrected chi connectivity index (χ1v) is 6.53.